The van der Waals surface area contributed by atoms with E-state index >= 15 is 0 Å². The van der Waals surface area contributed by atoms with Crippen LogP contribution >= 0.6 is 22.9 Å². The van der Waals surface area contributed by atoms with Gasteiger partial charge in [0.2, 0.25) is 0 Å². The Hall–Kier alpha value is -1.47. The Labute approximate surface area is 157 Å². The Balaban J connectivity index is 1.60. The van der Waals surface area contributed by atoms with Crippen molar-refractivity contribution in [1.29, 1.82) is 0 Å². The maximum atomic E-state index is 12.6. The summed E-state index contributed by atoms with van der Waals surface area (Å²) in [5, 5.41) is 4.47. The molecule has 1 N–H and O–H groups in total. The first-order valence-corrected chi connectivity index (χ1v) is 9.65. The molecule has 134 valence electrons. The van der Waals surface area contributed by atoms with Gasteiger partial charge in [0.25, 0.3) is 5.91 Å². The maximum Gasteiger partial charge on any atom is 0.271 e. The molecule has 1 aromatic heterocycles. The van der Waals surface area contributed by atoms with Gasteiger partial charge in [-0.2, -0.15) is 0 Å². The zero-order valence-corrected chi connectivity index (χ0v) is 15.8. The summed E-state index contributed by atoms with van der Waals surface area (Å²) in [7, 11) is 0. The van der Waals surface area contributed by atoms with E-state index in [1.807, 2.05) is 31.2 Å². The van der Waals surface area contributed by atoms with Crippen molar-refractivity contribution in [2.45, 2.75) is 13.3 Å². The molecule has 7 heteroatoms. The Morgan fingerprint density at radius 2 is 2.12 bits per heavy atom. The van der Waals surface area contributed by atoms with Gasteiger partial charge in [0.1, 0.15) is 5.69 Å². The van der Waals surface area contributed by atoms with Gasteiger partial charge in [-0.25, -0.2) is 4.98 Å². The molecule has 1 aromatic carbocycles. The Bertz CT molecular complexity index is 729. The molecule has 0 atom stereocenters. The molecule has 3 rings (SSSR count). The summed E-state index contributed by atoms with van der Waals surface area (Å²) in [6.45, 7) is 7.04. The molecular weight excluding hydrogens is 358 g/mol. The van der Waals surface area contributed by atoms with Crippen LogP contribution in [0.2, 0.25) is 5.02 Å². The zero-order valence-electron chi connectivity index (χ0n) is 14.3. The number of rotatable bonds is 6. The molecule has 0 unspecified atom stereocenters. The van der Waals surface area contributed by atoms with E-state index < -0.39 is 0 Å². The van der Waals surface area contributed by atoms with Gasteiger partial charge in [-0.15, -0.1) is 11.3 Å². The maximum absolute atomic E-state index is 12.6. The van der Waals surface area contributed by atoms with Crippen LogP contribution in [0.4, 0.5) is 0 Å². The van der Waals surface area contributed by atoms with Crippen molar-refractivity contribution in [1.82, 2.24) is 15.2 Å². The number of nitrogens with zero attached hydrogens (tertiary/aromatic N) is 2. The zero-order chi connectivity index (χ0) is 17.6. The molecule has 0 radical (unpaired) electrons. The summed E-state index contributed by atoms with van der Waals surface area (Å²) in [4.78, 5) is 20.2. The lowest BCUT2D eigenvalue weighted by molar-refractivity contribution is 0.0374. The van der Waals surface area contributed by atoms with E-state index in [4.69, 9.17) is 16.3 Å². The van der Waals surface area contributed by atoms with E-state index in [-0.39, 0.29) is 5.91 Å². The number of benzene rings is 1. The van der Waals surface area contributed by atoms with Crippen LogP contribution in [-0.2, 0) is 4.74 Å². The van der Waals surface area contributed by atoms with Gasteiger partial charge in [0.15, 0.2) is 0 Å². The summed E-state index contributed by atoms with van der Waals surface area (Å²) in [5.74, 6) is -0.138. The van der Waals surface area contributed by atoms with E-state index in [2.05, 4.69) is 15.2 Å². The van der Waals surface area contributed by atoms with Crippen LogP contribution in [0.3, 0.4) is 0 Å². The second-order valence-electron chi connectivity index (χ2n) is 5.95. The van der Waals surface area contributed by atoms with Crippen molar-refractivity contribution < 1.29 is 9.53 Å². The number of aromatic nitrogens is 1. The molecule has 1 saturated heterocycles. The fourth-order valence-corrected chi connectivity index (χ4v) is 4.06. The van der Waals surface area contributed by atoms with Crippen LogP contribution in [0.25, 0.3) is 10.4 Å². The highest BCUT2D eigenvalue weighted by molar-refractivity contribution is 7.15. The molecule has 5 nitrogen and oxygen atoms in total. The van der Waals surface area contributed by atoms with Gasteiger partial charge in [0, 0.05) is 30.2 Å². The highest BCUT2D eigenvalue weighted by Gasteiger charge is 2.19. The SMILES string of the molecule is Cc1nc(C(=O)NCCCN2CCOCC2)c(-c2ccccc2Cl)s1. The summed E-state index contributed by atoms with van der Waals surface area (Å²) < 4.78 is 5.34. The lowest BCUT2D eigenvalue weighted by atomic mass is 10.1. The lowest BCUT2D eigenvalue weighted by Gasteiger charge is -2.26. The van der Waals surface area contributed by atoms with E-state index in [0.29, 0.717) is 17.3 Å². The van der Waals surface area contributed by atoms with Crippen molar-refractivity contribution >= 4 is 28.8 Å². The standard InChI is InChI=1S/C18H22ClN3O2S/c1-13-21-16(17(25-13)14-5-2-3-6-15(14)19)18(23)20-7-4-8-22-9-11-24-12-10-22/h2-3,5-6H,4,7-12H2,1H3,(H,20,23). The normalized spacial score (nSPS) is 15.3. The van der Waals surface area contributed by atoms with Crippen LogP contribution < -0.4 is 5.32 Å². The molecule has 1 aliphatic rings. The van der Waals surface area contributed by atoms with Crippen molar-refractivity contribution in [2.24, 2.45) is 0 Å². The number of aryl methyl sites for hydroxylation is 1. The monoisotopic (exact) mass is 379 g/mol. The van der Waals surface area contributed by atoms with Gasteiger partial charge in [0.05, 0.1) is 23.1 Å². The highest BCUT2D eigenvalue weighted by atomic mass is 35.5. The third-order valence-electron chi connectivity index (χ3n) is 4.11. The molecule has 2 aromatic rings. The molecule has 0 aliphatic carbocycles. The van der Waals surface area contributed by atoms with Gasteiger partial charge >= 0.3 is 0 Å². The summed E-state index contributed by atoms with van der Waals surface area (Å²) in [6.07, 6.45) is 0.913. The average Bonchev–Trinajstić information content (AvgIpc) is 3.01. The first kappa shape index (κ1) is 18.3. The van der Waals surface area contributed by atoms with Crippen LogP contribution in [0, 0.1) is 6.92 Å². The molecular formula is C18H22ClN3O2S. The van der Waals surface area contributed by atoms with E-state index in [1.54, 1.807) is 0 Å². The van der Waals surface area contributed by atoms with Gasteiger partial charge in [-0.1, -0.05) is 29.8 Å². The summed E-state index contributed by atoms with van der Waals surface area (Å²) in [6, 6.07) is 7.55. The van der Waals surface area contributed by atoms with Crippen LogP contribution in [0.15, 0.2) is 24.3 Å². The number of carbonyl (C=O) groups is 1. The van der Waals surface area contributed by atoms with Gasteiger partial charge < -0.3 is 10.1 Å². The van der Waals surface area contributed by atoms with Crippen LogP contribution in [-0.4, -0.2) is 55.2 Å². The molecule has 0 spiro atoms. The predicted molar refractivity (Wildman–Crippen MR) is 102 cm³/mol. The Kier molecular flexibility index (Phi) is 6.42. The number of morpholine rings is 1. The molecule has 25 heavy (non-hydrogen) atoms. The second kappa shape index (κ2) is 8.76. The first-order valence-electron chi connectivity index (χ1n) is 8.46. The molecule has 1 aliphatic heterocycles. The van der Waals surface area contributed by atoms with Crippen molar-refractivity contribution in [3.8, 4) is 10.4 Å². The predicted octanol–water partition coefficient (Wildman–Crippen LogP) is 3.22. The number of halogens is 1. The average molecular weight is 380 g/mol. The number of hydrogen-bond donors (Lipinski definition) is 1. The fourth-order valence-electron chi connectivity index (χ4n) is 2.82. The topological polar surface area (TPSA) is 54.5 Å². The van der Waals surface area contributed by atoms with Crippen LogP contribution in [0.1, 0.15) is 21.9 Å². The molecule has 0 saturated carbocycles. The Morgan fingerprint density at radius 1 is 1.36 bits per heavy atom. The minimum Gasteiger partial charge on any atom is -0.379 e. The smallest absolute Gasteiger partial charge is 0.271 e. The summed E-state index contributed by atoms with van der Waals surface area (Å²) in [5.41, 5.74) is 1.32. The third-order valence-corrected chi connectivity index (χ3v) is 5.44. The second-order valence-corrected chi connectivity index (χ2v) is 7.56. The summed E-state index contributed by atoms with van der Waals surface area (Å²) >= 11 is 7.78. The van der Waals surface area contributed by atoms with Crippen molar-refractivity contribution in [3.05, 3.63) is 40.0 Å². The van der Waals surface area contributed by atoms with Crippen molar-refractivity contribution in [3.63, 3.8) is 0 Å². The van der Waals surface area contributed by atoms with Gasteiger partial charge in [-0.3, -0.25) is 9.69 Å². The molecule has 2 heterocycles. The quantitative estimate of drug-likeness (QED) is 0.783. The van der Waals surface area contributed by atoms with Gasteiger partial charge in [-0.05, 0) is 26.0 Å². The Morgan fingerprint density at radius 3 is 2.88 bits per heavy atom. The number of nitrogens with one attached hydrogen (secondary N) is 1. The van der Waals surface area contributed by atoms with E-state index in [1.165, 1.54) is 11.3 Å². The number of amides is 1. The molecule has 1 amide bonds. The van der Waals surface area contributed by atoms with E-state index in [9.17, 15) is 4.79 Å². The third kappa shape index (κ3) is 4.79. The van der Waals surface area contributed by atoms with Crippen LogP contribution in [0.5, 0.6) is 0 Å². The first-order chi connectivity index (χ1) is 12.1. The largest absolute Gasteiger partial charge is 0.379 e. The highest BCUT2D eigenvalue weighted by Crippen LogP contribution is 2.34. The molecule has 0 bridgehead atoms. The number of thiazole rings is 1. The fraction of sp³-hybridized carbons (Fsp3) is 0.444. The van der Waals surface area contributed by atoms with Crippen molar-refractivity contribution in [2.75, 3.05) is 39.4 Å². The molecule has 1 fully saturated rings. The number of hydrogen-bond acceptors (Lipinski definition) is 5. The minimum absolute atomic E-state index is 0.138. The number of ether oxygens (including phenoxy) is 1. The minimum atomic E-state index is -0.138. The van der Waals surface area contributed by atoms with E-state index in [0.717, 1.165) is 54.7 Å². The number of carbonyl (C=O) groups excluding carboxylic acids is 1. The lowest BCUT2D eigenvalue weighted by Crippen LogP contribution is -2.38.